The molecule has 1 saturated heterocycles. The summed E-state index contributed by atoms with van der Waals surface area (Å²) in [7, 11) is 2.00. The maximum atomic E-state index is 13.2. The molecule has 1 atom stereocenters. The van der Waals surface area contributed by atoms with Gasteiger partial charge in [-0.3, -0.25) is 4.79 Å². The average molecular weight is 410 g/mol. The summed E-state index contributed by atoms with van der Waals surface area (Å²) >= 11 is 0. The second kappa shape index (κ2) is 8.52. The molecule has 2 aromatic heterocycles. The fourth-order valence-corrected chi connectivity index (χ4v) is 4.10. The number of benzene rings is 1. The molecule has 0 radical (unpaired) electrons. The summed E-state index contributed by atoms with van der Waals surface area (Å²) in [6.45, 7) is 5.50. The molecular weight excluding hydrogens is 381 g/mol. The highest BCUT2D eigenvalue weighted by atomic mass is 19.1. The van der Waals surface area contributed by atoms with Crippen LogP contribution in [0.5, 0.6) is 0 Å². The van der Waals surface area contributed by atoms with E-state index in [1.165, 1.54) is 0 Å². The maximum Gasteiger partial charge on any atom is 0.228 e. The number of likely N-dealkylation sites (tertiary alicyclic amines) is 1. The van der Waals surface area contributed by atoms with Gasteiger partial charge in [-0.25, -0.2) is 14.4 Å². The average Bonchev–Trinajstić information content (AvgIpc) is 3.06. The molecule has 3 heterocycles. The van der Waals surface area contributed by atoms with Crippen LogP contribution in [-0.2, 0) is 11.8 Å². The summed E-state index contributed by atoms with van der Waals surface area (Å²) in [6.07, 6.45) is 4.31. The lowest BCUT2D eigenvalue weighted by atomic mass is 9.95. The molecule has 1 aromatic carbocycles. The Bertz CT molecular complexity index is 1050. The third kappa shape index (κ3) is 4.36. The topological polar surface area (TPSA) is 63.1 Å². The van der Waals surface area contributed by atoms with E-state index in [4.69, 9.17) is 0 Å². The van der Waals surface area contributed by atoms with Gasteiger partial charge in [-0.05, 0) is 57.3 Å². The molecular formula is C23H28FN5O. The minimum Gasteiger partial charge on any atom is -0.331 e. The Labute approximate surface area is 176 Å². The van der Waals surface area contributed by atoms with Crippen LogP contribution in [-0.4, -0.2) is 51.1 Å². The van der Waals surface area contributed by atoms with Gasteiger partial charge in [-0.2, -0.15) is 0 Å². The van der Waals surface area contributed by atoms with Crippen LogP contribution < -0.4 is 5.32 Å². The molecule has 0 spiro atoms. The molecule has 1 aliphatic rings. The summed E-state index contributed by atoms with van der Waals surface area (Å²) in [5.41, 5.74) is 2.12. The van der Waals surface area contributed by atoms with Crippen LogP contribution in [0.1, 0.15) is 25.6 Å². The Balaban J connectivity index is 1.47. The molecule has 3 aromatic rings. The van der Waals surface area contributed by atoms with Crippen LogP contribution in [0.25, 0.3) is 22.0 Å². The molecule has 0 aliphatic carbocycles. The fourth-order valence-electron chi connectivity index (χ4n) is 4.10. The van der Waals surface area contributed by atoms with Crippen molar-refractivity contribution in [1.82, 2.24) is 19.4 Å². The smallest absolute Gasteiger partial charge is 0.228 e. The van der Waals surface area contributed by atoms with E-state index in [2.05, 4.69) is 36.9 Å². The molecule has 158 valence electrons. The van der Waals surface area contributed by atoms with Gasteiger partial charge in [-0.15, -0.1) is 0 Å². The van der Waals surface area contributed by atoms with Crippen molar-refractivity contribution >= 4 is 22.5 Å². The van der Waals surface area contributed by atoms with Crippen molar-refractivity contribution < 1.29 is 9.18 Å². The largest absolute Gasteiger partial charge is 0.331 e. The van der Waals surface area contributed by atoms with Crippen molar-refractivity contribution in [3.63, 3.8) is 0 Å². The molecule has 0 unspecified atom stereocenters. The van der Waals surface area contributed by atoms with E-state index in [1.54, 1.807) is 13.1 Å². The number of imidazole rings is 1. The third-order valence-corrected chi connectivity index (χ3v) is 5.96. The number of carbonyl (C=O) groups excluding carboxylic acids is 1. The number of piperidine rings is 1. The summed E-state index contributed by atoms with van der Waals surface area (Å²) in [5.74, 6) is 1.45. The molecule has 30 heavy (non-hydrogen) atoms. The van der Waals surface area contributed by atoms with Crippen LogP contribution in [0.3, 0.4) is 0 Å². The summed E-state index contributed by atoms with van der Waals surface area (Å²) < 4.78 is 15.2. The first-order valence-electron chi connectivity index (χ1n) is 10.5. The summed E-state index contributed by atoms with van der Waals surface area (Å²) in [4.78, 5) is 23.6. The first-order chi connectivity index (χ1) is 14.4. The molecule has 4 rings (SSSR count). The van der Waals surface area contributed by atoms with Gasteiger partial charge < -0.3 is 14.8 Å². The van der Waals surface area contributed by atoms with Gasteiger partial charge in [0.15, 0.2) is 0 Å². The van der Waals surface area contributed by atoms with E-state index >= 15 is 0 Å². The lowest BCUT2D eigenvalue weighted by Crippen LogP contribution is -2.40. The monoisotopic (exact) mass is 409 g/mol. The lowest BCUT2D eigenvalue weighted by Gasteiger charge is -2.31. The van der Waals surface area contributed by atoms with Crippen LogP contribution >= 0.6 is 0 Å². The predicted molar refractivity (Wildman–Crippen MR) is 117 cm³/mol. The van der Waals surface area contributed by atoms with Crippen molar-refractivity contribution in [2.45, 2.75) is 32.9 Å². The SMILES string of the molecule is Cc1ncc(-c2ccc3cnc(NC(=O)C4CCN(C[C@@H](C)F)CC4)cc3c2)n1C. The van der Waals surface area contributed by atoms with E-state index in [9.17, 15) is 9.18 Å². The van der Waals surface area contributed by atoms with Crippen molar-refractivity contribution in [2.24, 2.45) is 13.0 Å². The summed E-state index contributed by atoms with van der Waals surface area (Å²) in [5, 5.41) is 5.01. The standard InChI is InChI=1S/C23H28FN5O/c1-15(24)14-29-8-6-17(7-9-29)23(30)27-22-11-20-10-18(4-5-19(20)12-26-22)21-13-25-16(2)28(21)3/h4-5,10-13,15,17H,6-9,14H2,1-3H3,(H,26,27,30)/t15-/m1/s1. The fraction of sp³-hybridized carbons (Fsp3) is 0.435. The minimum absolute atomic E-state index is 0.00629. The first-order valence-corrected chi connectivity index (χ1v) is 10.5. The number of hydrogen-bond donors (Lipinski definition) is 1. The molecule has 1 amide bonds. The second-order valence-corrected chi connectivity index (χ2v) is 8.23. The highest BCUT2D eigenvalue weighted by Gasteiger charge is 2.25. The Hall–Kier alpha value is -2.80. The number of carbonyl (C=O) groups is 1. The van der Waals surface area contributed by atoms with Crippen LogP contribution in [0.4, 0.5) is 10.2 Å². The molecule has 6 nitrogen and oxygen atoms in total. The molecule has 1 N–H and O–H groups in total. The highest BCUT2D eigenvalue weighted by Crippen LogP contribution is 2.26. The van der Waals surface area contributed by atoms with E-state index in [0.29, 0.717) is 12.4 Å². The number of anilines is 1. The van der Waals surface area contributed by atoms with Crippen LogP contribution in [0, 0.1) is 12.8 Å². The number of aromatic nitrogens is 3. The second-order valence-electron chi connectivity index (χ2n) is 8.23. The Morgan fingerprint density at radius 3 is 2.63 bits per heavy atom. The number of aryl methyl sites for hydroxylation is 1. The molecule has 1 fully saturated rings. The predicted octanol–water partition coefficient (Wildman–Crippen LogP) is 3.95. The Kier molecular flexibility index (Phi) is 5.81. The van der Waals surface area contributed by atoms with E-state index in [0.717, 1.165) is 53.8 Å². The zero-order valence-electron chi connectivity index (χ0n) is 17.7. The zero-order valence-corrected chi connectivity index (χ0v) is 17.7. The number of fused-ring (bicyclic) bond motifs is 1. The Morgan fingerprint density at radius 1 is 1.20 bits per heavy atom. The quantitative estimate of drug-likeness (QED) is 0.693. The van der Waals surface area contributed by atoms with Crippen molar-refractivity contribution in [3.8, 4) is 11.3 Å². The zero-order chi connectivity index (χ0) is 21.3. The van der Waals surface area contributed by atoms with Gasteiger partial charge in [0.05, 0.1) is 11.9 Å². The molecule has 0 saturated carbocycles. The maximum absolute atomic E-state index is 13.2. The van der Waals surface area contributed by atoms with E-state index in [-0.39, 0.29) is 11.8 Å². The van der Waals surface area contributed by atoms with Gasteiger partial charge in [-0.1, -0.05) is 12.1 Å². The van der Waals surface area contributed by atoms with Crippen LogP contribution in [0.2, 0.25) is 0 Å². The number of nitrogens with one attached hydrogen (secondary N) is 1. The minimum atomic E-state index is -0.836. The van der Waals surface area contributed by atoms with Gasteiger partial charge in [0, 0.05) is 36.7 Å². The summed E-state index contributed by atoms with van der Waals surface area (Å²) in [6, 6.07) is 8.11. The first kappa shape index (κ1) is 20.5. The van der Waals surface area contributed by atoms with Crippen molar-refractivity contribution in [1.29, 1.82) is 0 Å². The number of alkyl halides is 1. The highest BCUT2D eigenvalue weighted by molar-refractivity contribution is 5.95. The van der Waals surface area contributed by atoms with Gasteiger partial charge in [0.2, 0.25) is 5.91 Å². The third-order valence-electron chi connectivity index (χ3n) is 5.96. The number of nitrogens with zero attached hydrogens (tertiary/aromatic N) is 4. The Morgan fingerprint density at radius 2 is 1.97 bits per heavy atom. The van der Waals surface area contributed by atoms with E-state index < -0.39 is 6.17 Å². The van der Waals surface area contributed by atoms with Gasteiger partial charge in [0.25, 0.3) is 0 Å². The van der Waals surface area contributed by atoms with Crippen LogP contribution in [0.15, 0.2) is 36.7 Å². The molecule has 7 heteroatoms. The number of rotatable bonds is 5. The number of pyridine rings is 1. The molecule has 1 aliphatic heterocycles. The van der Waals surface area contributed by atoms with Gasteiger partial charge in [0.1, 0.15) is 17.8 Å². The number of halogens is 1. The van der Waals surface area contributed by atoms with Gasteiger partial charge >= 0.3 is 0 Å². The van der Waals surface area contributed by atoms with E-state index in [1.807, 2.05) is 32.3 Å². The molecule has 0 bridgehead atoms. The van der Waals surface area contributed by atoms with Crippen molar-refractivity contribution in [3.05, 3.63) is 42.5 Å². The number of amides is 1. The van der Waals surface area contributed by atoms with Crippen molar-refractivity contribution in [2.75, 3.05) is 25.0 Å². The lowest BCUT2D eigenvalue weighted by molar-refractivity contribution is -0.121. The normalized spacial score (nSPS) is 16.7. The number of hydrogen-bond acceptors (Lipinski definition) is 4.